The summed E-state index contributed by atoms with van der Waals surface area (Å²) in [7, 11) is 0. The number of amides is 1. The molecule has 0 saturated heterocycles. The Balaban J connectivity index is 2.07. The standard InChI is InChI=1S/C14H10F3NO2S/c15-14(16,17)20-10-7-5-9(6-8-10)18-13(19)11-3-1-2-4-12(11)21/h1-8,21H,(H,18,19). The summed E-state index contributed by atoms with van der Waals surface area (Å²) in [6, 6.07) is 11.6. The second-order valence-electron chi connectivity index (χ2n) is 4.04. The Morgan fingerprint density at radius 1 is 1.05 bits per heavy atom. The first-order chi connectivity index (χ1) is 9.85. The molecule has 0 unspecified atom stereocenters. The lowest BCUT2D eigenvalue weighted by molar-refractivity contribution is -0.274. The zero-order valence-electron chi connectivity index (χ0n) is 10.5. The molecule has 2 rings (SSSR count). The Bertz CT molecular complexity index is 641. The zero-order valence-corrected chi connectivity index (χ0v) is 11.4. The molecule has 21 heavy (non-hydrogen) atoms. The van der Waals surface area contributed by atoms with Gasteiger partial charge in [0, 0.05) is 10.6 Å². The van der Waals surface area contributed by atoms with Crippen LogP contribution in [0.15, 0.2) is 53.4 Å². The van der Waals surface area contributed by atoms with Crippen molar-refractivity contribution in [3.63, 3.8) is 0 Å². The topological polar surface area (TPSA) is 38.3 Å². The average molecular weight is 313 g/mol. The molecule has 0 aliphatic rings. The molecule has 0 saturated carbocycles. The van der Waals surface area contributed by atoms with Gasteiger partial charge in [0.25, 0.3) is 5.91 Å². The van der Waals surface area contributed by atoms with Crippen molar-refractivity contribution in [1.29, 1.82) is 0 Å². The highest BCUT2D eigenvalue weighted by Crippen LogP contribution is 2.24. The highest BCUT2D eigenvalue weighted by atomic mass is 32.1. The van der Waals surface area contributed by atoms with Crippen LogP contribution < -0.4 is 10.1 Å². The van der Waals surface area contributed by atoms with E-state index in [1.165, 1.54) is 12.1 Å². The molecule has 3 nitrogen and oxygen atoms in total. The van der Waals surface area contributed by atoms with Crippen LogP contribution in [0.2, 0.25) is 0 Å². The van der Waals surface area contributed by atoms with Crippen molar-refractivity contribution in [3.05, 3.63) is 54.1 Å². The zero-order chi connectivity index (χ0) is 15.5. The van der Waals surface area contributed by atoms with E-state index in [1.54, 1.807) is 24.3 Å². The van der Waals surface area contributed by atoms with Gasteiger partial charge in [-0.3, -0.25) is 4.79 Å². The molecular weight excluding hydrogens is 303 g/mol. The summed E-state index contributed by atoms with van der Waals surface area (Å²) in [5.74, 6) is -0.750. The summed E-state index contributed by atoms with van der Waals surface area (Å²) in [6.07, 6.45) is -4.74. The van der Waals surface area contributed by atoms with E-state index < -0.39 is 12.3 Å². The van der Waals surface area contributed by atoms with Gasteiger partial charge in [-0.1, -0.05) is 12.1 Å². The van der Waals surface area contributed by atoms with Gasteiger partial charge in [-0.15, -0.1) is 25.8 Å². The van der Waals surface area contributed by atoms with Crippen molar-refractivity contribution in [1.82, 2.24) is 0 Å². The van der Waals surface area contributed by atoms with Crippen LogP contribution >= 0.6 is 12.6 Å². The van der Waals surface area contributed by atoms with Crippen LogP contribution in [0.3, 0.4) is 0 Å². The maximum Gasteiger partial charge on any atom is 0.573 e. The molecule has 0 heterocycles. The number of thiol groups is 1. The molecule has 0 aliphatic heterocycles. The lowest BCUT2D eigenvalue weighted by Gasteiger charge is -2.10. The number of ether oxygens (including phenoxy) is 1. The molecule has 2 aromatic carbocycles. The third-order valence-electron chi connectivity index (χ3n) is 2.49. The van der Waals surface area contributed by atoms with Gasteiger partial charge in [-0.2, -0.15) is 0 Å². The van der Waals surface area contributed by atoms with Gasteiger partial charge < -0.3 is 10.1 Å². The molecule has 0 atom stereocenters. The van der Waals surface area contributed by atoms with E-state index >= 15 is 0 Å². The highest BCUT2D eigenvalue weighted by molar-refractivity contribution is 7.80. The summed E-state index contributed by atoms with van der Waals surface area (Å²) in [6.45, 7) is 0. The van der Waals surface area contributed by atoms with Crippen molar-refractivity contribution < 1.29 is 22.7 Å². The number of hydrogen-bond acceptors (Lipinski definition) is 3. The fourth-order valence-electron chi connectivity index (χ4n) is 1.60. The highest BCUT2D eigenvalue weighted by Gasteiger charge is 2.30. The molecule has 7 heteroatoms. The summed E-state index contributed by atoms with van der Waals surface area (Å²) >= 11 is 4.16. The average Bonchev–Trinajstić information content (AvgIpc) is 2.40. The van der Waals surface area contributed by atoms with E-state index in [0.717, 1.165) is 12.1 Å². The van der Waals surface area contributed by atoms with Gasteiger partial charge in [0.05, 0.1) is 5.56 Å². The number of rotatable bonds is 3. The van der Waals surface area contributed by atoms with Crippen molar-refractivity contribution in [2.75, 3.05) is 5.32 Å². The van der Waals surface area contributed by atoms with E-state index in [0.29, 0.717) is 16.1 Å². The van der Waals surface area contributed by atoms with Crippen LogP contribution in [0, 0.1) is 0 Å². The number of alkyl halides is 3. The van der Waals surface area contributed by atoms with E-state index in [-0.39, 0.29) is 5.75 Å². The van der Waals surface area contributed by atoms with Gasteiger partial charge in [0.1, 0.15) is 5.75 Å². The molecule has 0 aliphatic carbocycles. The summed E-state index contributed by atoms with van der Waals surface area (Å²) in [4.78, 5) is 12.5. The molecule has 1 amide bonds. The largest absolute Gasteiger partial charge is 0.573 e. The smallest absolute Gasteiger partial charge is 0.406 e. The van der Waals surface area contributed by atoms with Crippen LogP contribution in [-0.4, -0.2) is 12.3 Å². The van der Waals surface area contributed by atoms with Crippen LogP contribution in [-0.2, 0) is 0 Å². The van der Waals surface area contributed by atoms with Crippen LogP contribution in [0.5, 0.6) is 5.75 Å². The van der Waals surface area contributed by atoms with Crippen molar-refractivity contribution in [2.45, 2.75) is 11.3 Å². The first kappa shape index (κ1) is 15.2. The van der Waals surface area contributed by atoms with Crippen LogP contribution in [0.4, 0.5) is 18.9 Å². The van der Waals surface area contributed by atoms with E-state index in [2.05, 4.69) is 22.7 Å². The van der Waals surface area contributed by atoms with Crippen molar-refractivity contribution >= 4 is 24.2 Å². The number of carbonyl (C=O) groups is 1. The number of nitrogens with one attached hydrogen (secondary N) is 1. The summed E-state index contributed by atoms with van der Waals surface area (Å²) < 4.78 is 39.8. The van der Waals surface area contributed by atoms with Gasteiger partial charge >= 0.3 is 6.36 Å². The normalized spacial score (nSPS) is 11.0. The number of carbonyl (C=O) groups excluding carboxylic acids is 1. The molecule has 0 aromatic heterocycles. The number of halogens is 3. The van der Waals surface area contributed by atoms with Gasteiger partial charge in [0.15, 0.2) is 0 Å². The molecule has 110 valence electrons. The third kappa shape index (κ3) is 4.42. The molecule has 2 aromatic rings. The van der Waals surface area contributed by atoms with Gasteiger partial charge in [0.2, 0.25) is 0 Å². The van der Waals surface area contributed by atoms with Crippen molar-refractivity contribution in [2.24, 2.45) is 0 Å². The summed E-state index contributed by atoms with van der Waals surface area (Å²) in [5, 5.41) is 2.56. The number of benzene rings is 2. The minimum Gasteiger partial charge on any atom is -0.406 e. The van der Waals surface area contributed by atoms with E-state index in [9.17, 15) is 18.0 Å². The fraction of sp³-hybridized carbons (Fsp3) is 0.0714. The SMILES string of the molecule is O=C(Nc1ccc(OC(F)(F)F)cc1)c1ccccc1S. The summed E-state index contributed by atoms with van der Waals surface area (Å²) in [5.41, 5.74) is 0.725. The number of hydrogen-bond donors (Lipinski definition) is 2. The Morgan fingerprint density at radius 3 is 2.24 bits per heavy atom. The molecule has 0 fully saturated rings. The van der Waals surface area contributed by atoms with Crippen LogP contribution in [0.25, 0.3) is 0 Å². The van der Waals surface area contributed by atoms with Crippen LogP contribution in [0.1, 0.15) is 10.4 Å². The number of anilines is 1. The molecule has 0 bridgehead atoms. The lowest BCUT2D eigenvalue weighted by atomic mass is 10.2. The Kier molecular flexibility index (Phi) is 4.42. The fourth-order valence-corrected chi connectivity index (χ4v) is 1.87. The minimum atomic E-state index is -4.74. The third-order valence-corrected chi connectivity index (χ3v) is 2.88. The Morgan fingerprint density at radius 2 is 1.67 bits per heavy atom. The second kappa shape index (κ2) is 6.09. The molecule has 0 spiro atoms. The predicted molar refractivity (Wildman–Crippen MR) is 74.8 cm³/mol. The maximum absolute atomic E-state index is 12.0. The monoisotopic (exact) mass is 313 g/mol. The minimum absolute atomic E-state index is 0.352. The van der Waals surface area contributed by atoms with E-state index in [1.807, 2.05) is 0 Å². The molecular formula is C14H10F3NO2S. The second-order valence-corrected chi connectivity index (χ2v) is 4.53. The predicted octanol–water partition coefficient (Wildman–Crippen LogP) is 4.13. The van der Waals surface area contributed by atoms with E-state index in [4.69, 9.17) is 0 Å². The Hall–Kier alpha value is -2.15. The first-order valence-electron chi connectivity index (χ1n) is 5.80. The Labute approximate surface area is 124 Å². The lowest BCUT2D eigenvalue weighted by Crippen LogP contribution is -2.17. The molecule has 1 N–H and O–H groups in total. The quantitative estimate of drug-likeness (QED) is 0.836. The van der Waals surface area contributed by atoms with Crippen molar-refractivity contribution in [3.8, 4) is 5.75 Å². The maximum atomic E-state index is 12.0. The van der Waals surface area contributed by atoms with Gasteiger partial charge in [-0.25, -0.2) is 0 Å². The molecule has 0 radical (unpaired) electrons. The first-order valence-corrected chi connectivity index (χ1v) is 6.25. The van der Waals surface area contributed by atoms with Gasteiger partial charge in [-0.05, 0) is 36.4 Å².